The highest BCUT2D eigenvalue weighted by atomic mass is 127. The molecule has 3 nitrogen and oxygen atoms in total. The fraction of sp³-hybridized carbons (Fsp3) is 0.500. The number of carbonyl (C=O) groups is 1. The maximum Gasteiger partial charge on any atom is 0.253 e. The van der Waals surface area contributed by atoms with E-state index < -0.39 is 0 Å². The summed E-state index contributed by atoms with van der Waals surface area (Å²) in [6.45, 7) is 6.07. The van der Waals surface area contributed by atoms with Crippen molar-refractivity contribution in [3.63, 3.8) is 0 Å². The first kappa shape index (κ1) is 13.6. The Labute approximate surface area is 121 Å². The smallest absolute Gasteiger partial charge is 0.253 e. The zero-order chi connectivity index (χ0) is 13.3. The van der Waals surface area contributed by atoms with Crippen molar-refractivity contribution >= 4 is 28.5 Å². The van der Waals surface area contributed by atoms with Crippen molar-refractivity contribution in [2.45, 2.75) is 20.3 Å². The SMILES string of the molecule is CC(C)C1CCN(C(=O)c2ccc(I)c(O)c2)C1. The molecule has 1 N–H and O–H groups in total. The van der Waals surface area contributed by atoms with E-state index in [0.29, 0.717) is 17.4 Å². The molecule has 1 aliphatic rings. The maximum atomic E-state index is 12.3. The second kappa shape index (κ2) is 5.47. The van der Waals surface area contributed by atoms with Crippen LogP contribution in [0.15, 0.2) is 18.2 Å². The lowest BCUT2D eigenvalue weighted by molar-refractivity contribution is 0.0783. The normalized spacial score (nSPS) is 19.6. The van der Waals surface area contributed by atoms with Crippen LogP contribution in [0.1, 0.15) is 30.6 Å². The molecule has 1 heterocycles. The van der Waals surface area contributed by atoms with Gasteiger partial charge in [-0.2, -0.15) is 0 Å². The largest absolute Gasteiger partial charge is 0.507 e. The lowest BCUT2D eigenvalue weighted by Crippen LogP contribution is -2.29. The second-order valence-electron chi connectivity index (χ2n) is 5.21. The van der Waals surface area contributed by atoms with Crippen molar-refractivity contribution in [1.29, 1.82) is 0 Å². The molecule has 0 spiro atoms. The minimum atomic E-state index is 0.0323. The van der Waals surface area contributed by atoms with Crippen molar-refractivity contribution in [2.75, 3.05) is 13.1 Å². The van der Waals surface area contributed by atoms with Gasteiger partial charge in [0.25, 0.3) is 5.91 Å². The van der Waals surface area contributed by atoms with E-state index in [9.17, 15) is 9.90 Å². The highest BCUT2D eigenvalue weighted by Gasteiger charge is 2.28. The van der Waals surface area contributed by atoms with Gasteiger partial charge in [0.1, 0.15) is 5.75 Å². The third kappa shape index (κ3) is 2.79. The molecule has 1 saturated heterocycles. The number of hydrogen-bond donors (Lipinski definition) is 1. The molecule has 1 fully saturated rings. The third-order valence-electron chi connectivity index (χ3n) is 3.65. The van der Waals surface area contributed by atoms with Crippen LogP contribution < -0.4 is 0 Å². The molecule has 0 bridgehead atoms. The molecule has 1 aromatic rings. The van der Waals surface area contributed by atoms with E-state index >= 15 is 0 Å². The van der Waals surface area contributed by atoms with Crippen LogP contribution in [0.5, 0.6) is 5.75 Å². The standard InChI is InChI=1S/C14H18INO2/c1-9(2)11-5-6-16(8-11)14(18)10-3-4-12(15)13(17)7-10/h3-4,7,9,11,17H,5-6,8H2,1-2H3. The van der Waals surface area contributed by atoms with E-state index in [1.807, 2.05) is 27.5 Å². The van der Waals surface area contributed by atoms with Gasteiger partial charge in [0.05, 0.1) is 3.57 Å². The molecule has 18 heavy (non-hydrogen) atoms. The van der Waals surface area contributed by atoms with Crippen molar-refractivity contribution < 1.29 is 9.90 Å². The van der Waals surface area contributed by atoms with Crippen molar-refractivity contribution in [3.8, 4) is 5.75 Å². The molecule has 98 valence electrons. The molecule has 1 aliphatic heterocycles. The molecule has 0 radical (unpaired) electrons. The van der Waals surface area contributed by atoms with Gasteiger partial charge in [-0.15, -0.1) is 0 Å². The first-order valence-corrected chi connectivity index (χ1v) is 7.34. The predicted octanol–water partition coefficient (Wildman–Crippen LogP) is 3.11. The molecule has 1 aromatic carbocycles. The Morgan fingerprint density at radius 1 is 1.50 bits per heavy atom. The predicted molar refractivity (Wildman–Crippen MR) is 79.7 cm³/mol. The van der Waals surface area contributed by atoms with Crippen molar-refractivity contribution in [3.05, 3.63) is 27.3 Å². The van der Waals surface area contributed by atoms with Crippen LogP contribution in [-0.2, 0) is 0 Å². The summed E-state index contributed by atoms with van der Waals surface area (Å²) < 4.78 is 0.769. The summed E-state index contributed by atoms with van der Waals surface area (Å²) >= 11 is 2.05. The molecule has 2 rings (SSSR count). The van der Waals surface area contributed by atoms with Gasteiger partial charge in [-0.25, -0.2) is 0 Å². The van der Waals surface area contributed by atoms with Gasteiger partial charge in [0.15, 0.2) is 0 Å². The van der Waals surface area contributed by atoms with Crippen LogP contribution in [0.25, 0.3) is 0 Å². The molecule has 0 aliphatic carbocycles. The number of nitrogens with zero attached hydrogens (tertiary/aromatic N) is 1. The summed E-state index contributed by atoms with van der Waals surface area (Å²) in [4.78, 5) is 14.2. The average Bonchev–Trinajstić information content (AvgIpc) is 2.81. The van der Waals surface area contributed by atoms with Crippen LogP contribution in [0.3, 0.4) is 0 Å². The number of halogens is 1. The van der Waals surface area contributed by atoms with Crippen molar-refractivity contribution in [1.82, 2.24) is 4.90 Å². The summed E-state index contributed by atoms with van der Waals surface area (Å²) in [6.07, 6.45) is 1.08. The minimum absolute atomic E-state index is 0.0323. The first-order valence-electron chi connectivity index (χ1n) is 6.27. The molecule has 1 atom stereocenters. The zero-order valence-corrected chi connectivity index (χ0v) is 12.8. The number of phenolic OH excluding ortho intramolecular Hbond substituents is 1. The Morgan fingerprint density at radius 2 is 2.22 bits per heavy atom. The Hall–Kier alpha value is -0.780. The van der Waals surface area contributed by atoms with E-state index in [1.165, 1.54) is 0 Å². The van der Waals surface area contributed by atoms with E-state index in [4.69, 9.17) is 0 Å². The number of rotatable bonds is 2. The monoisotopic (exact) mass is 359 g/mol. The minimum Gasteiger partial charge on any atom is -0.507 e. The quantitative estimate of drug-likeness (QED) is 0.825. The molecule has 0 saturated carbocycles. The van der Waals surface area contributed by atoms with Crippen LogP contribution in [-0.4, -0.2) is 29.0 Å². The molecule has 1 unspecified atom stereocenters. The number of likely N-dealkylation sites (tertiary alicyclic amines) is 1. The van der Waals surface area contributed by atoms with Crippen LogP contribution in [0.2, 0.25) is 0 Å². The first-order chi connectivity index (χ1) is 8.49. The average molecular weight is 359 g/mol. The summed E-state index contributed by atoms with van der Waals surface area (Å²) in [5.74, 6) is 1.44. The van der Waals surface area contributed by atoms with Gasteiger partial charge in [-0.05, 0) is 59.0 Å². The lowest BCUT2D eigenvalue weighted by atomic mass is 9.95. The molecular formula is C14H18INO2. The molecule has 1 amide bonds. The van der Waals surface area contributed by atoms with Gasteiger partial charge in [0, 0.05) is 18.7 Å². The number of aromatic hydroxyl groups is 1. The molecule has 4 heteroatoms. The van der Waals surface area contributed by atoms with Gasteiger partial charge >= 0.3 is 0 Å². The third-order valence-corrected chi connectivity index (χ3v) is 4.56. The number of carbonyl (C=O) groups excluding carboxylic acids is 1. The zero-order valence-electron chi connectivity index (χ0n) is 10.7. The van der Waals surface area contributed by atoms with Crippen LogP contribution in [0, 0.1) is 15.4 Å². The molecular weight excluding hydrogens is 341 g/mol. The topological polar surface area (TPSA) is 40.5 Å². The van der Waals surface area contributed by atoms with E-state index in [-0.39, 0.29) is 11.7 Å². The van der Waals surface area contributed by atoms with Crippen LogP contribution in [0.4, 0.5) is 0 Å². The maximum absolute atomic E-state index is 12.3. The summed E-state index contributed by atoms with van der Waals surface area (Å²) in [5, 5.41) is 9.65. The lowest BCUT2D eigenvalue weighted by Gasteiger charge is -2.18. The Bertz CT molecular complexity index is 459. The van der Waals surface area contributed by atoms with E-state index in [0.717, 1.165) is 23.1 Å². The number of phenols is 1. The summed E-state index contributed by atoms with van der Waals surface area (Å²) in [6, 6.07) is 5.12. The summed E-state index contributed by atoms with van der Waals surface area (Å²) in [7, 11) is 0. The fourth-order valence-corrected chi connectivity index (χ4v) is 2.68. The van der Waals surface area contributed by atoms with E-state index in [1.54, 1.807) is 18.2 Å². The highest BCUT2D eigenvalue weighted by molar-refractivity contribution is 14.1. The number of benzene rings is 1. The van der Waals surface area contributed by atoms with E-state index in [2.05, 4.69) is 13.8 Å². The van der Waals surface area contributed by atoms with Gasteiger partial charge < -0.3 is 10.0 Å². The highest BCUT2D eigenvalue weighted by Crippen LogP contribution is 2.26. The second-order valence-corrected chi connectivity index (χ2v) is 6.37. The summed E-state index contributed by atoms with van der Waals surface area (Å²) in [5.41, 5.74) is 0.581. The van der Waals surface area contributed by atoms with Crippen molar-refractivity contribution in [2.24, 2.45) is 11.8 Å². The number of amides is 1. The number of hydrogen-bond acceptors (Lipinski definition) is 2. The van der Waals surface area contributed by atoms with Gasteiger partial charge in [0.2, 0.25) is 0 Å². The van der Waals surface area contributed by atoms with Gasteiger partial charge in [-0.3, -0.25) is 4.79 Å². The Balaban J connectivity index is 2.10. The Kier molecular flexibility index (Phi) is 4.14. The fourth-order valence-electron chi connectivity index (χ4n) is 2.34. The Morgan fingerprint density at radius 3 is 2.78 bits per heavy atom. The molecule has 0 aromatic heterocycles. The van der Waals surface area contributed by atoms with Gasteiger partial charge in [-0.1, -0.05) is 13.8 Å². The van der Waals surface area contributed by atoms with Crippen LogP contribution >= 0.6 is 22.6 Å².